The fourth-order valence-corrected chi connectivity index (χ4v) is 3.68. The molecule has 3 nitrogen and oxygen atoms in total. The van der Waals surface area contributed by atoms with Crippen LogP contribution in [0.5, 0.6) is 11.5 Å². The van der Waals surface area contributed by atoms with Gasteiger partial charge in [0, 0.05) is 13.1 Å². The summed E-state index contributed by atoms with van der Waals surface area (Å²) < 4.78 is 25.2. The second kappa shape index (κ2) is 10.3. The highest BCUT2D eigenvalue weighted by Crippen LogP contribution is 2.37. The van der Waals surface area contributed by atoms with Crippen molar-refractivity contribution in [3.8, 4) is 11.5 Å². The van der Waals surface area contributed by atoms with Gasteiger partial charge in [-0.2, -0.15) is 0 Å². The van der Waals surface area contributed by atoms with E-state index >= 15 is 0 Å². The maximum atomic E-state index is 13.0. The second-order valence-corrected chi connectivity index (χ2v) is 8.04. The van der Waals surface area contributed by atoms with Gasteiger partial charge in [0.05, 0.1) is 21.6 Å². The highest BCUT2D eigenvalue weighted by Gasteiger charge is 2.12. The highest BCUT2D eigenvalue weighted by molar-refractivity contribution is 9.10. The Hall–Kier alpha value is -1.79. The molecule has 0 bridgehead atoms. The van der Waals surface area contributed by atoms with Gasteiger partial charge in [0.1, 0.15) is 12.4 Å². The molecule has 152 valence electrons. The summed E-state index contributed by atoms with van der Waals surface area (Å²) in [6.45, 7) is 1.59. The molecule has 1 N–H and O–H groups in total. The number of benzene rings is 3. The lowest BCUT2D eigenvalue weighted by molar-refractivity contribution is 0.282. The fraction of sp³-hybridized carbons (Fsp3) is 0.182. The standard InChI is InChI=1S/C22H19BrCl2FNO2/c1-28-21-10-16(12-27-11-14-2-5-17(26)6-3-14)8-18(23)22(21)29-13-15-4-7-19(24)20(25)9-15/h2-10,27H,11-13H2,1H3. The minimum absolute atomic E-state index is 0.237. The first kappa shape index (κ1) is 21.9. The van der Waals surface area contributed by atoms with Crippen LogP contribution in [-0.2, 0) is 19.7 Å². The largest absolute Gasteiger partial charge is 0.493 e. The van der Waals surface area contributed by atoms with Crippen molar-refractivity contribution in [1.82, 2.24) is 5.32 Å². The van der Waals surface area contributed by atoms with Crippen molar-refractivity contribution < 1.29 is 13.9 Å². The molecule has 0 aliphatic rings. The van der Waals surface area contributed by atoms with Crippen LogP contribution in [0.25, 0.3) is 0 Å². The molecule has 0 atom stereocenters. The normalized spacial score (nSPS) is 10.8. The van der Waals surface area contributed by atoms with Crippen molar-refractivity contribution in [3.05, 3.63) is 91.6 Å². The molecule has 29 heavy (non-hydrogen) atoms. The number of nitrogens with one attached hydrogen (secondary N) is 1. The van der Waals surface area contributed by atoms with E-state index in [9.17, 15) is 4.39 Å². The van der Waals surface area contributed by atoms with Gasteiger partial charge in [-0.05, 0) is 69.0 Å². The summed E-state index contributed by atoms with van der Waals surface area (Å²) in [5.41, 5.74) is 2.94. The van der Waals surface area contributed by atoms with E-state index in [4.69, 9.17) is 32.7 Å². The van der Waals surface area contributed by atoms with Crippen LogP contribution in [0.4, 0.5) is 4.39 Å². The predicted molar refractivity (Wildman–Crippen MR) is 118 cm³/mol. The zero-order chi connectivity index (χ0) is 20.8. The quantitative estimate of drug-likeness (QED) is 0.371. The first-order chi connectivity index (χ1) is 14.0. The van der Waals surface area contributed by atoms with E-state index in [1.54, 1.807) is 31.4 Å². The zero-order valence-electron chi connectivity index (χ0n) is 15.6. The number of rotatable bonds is 8. The number of halogens is 4. The van der Waals surface area contributed by atoms with Crippen molar-refractivity contribution in [3.63, 3.8) is 0 Å². The van der Waals surface area contributed by atoms with E-state index in [1.165, 1.54) is 12.1 Å². The molecule has 0 fully saturated rings. The third kappa shape index (κ3) is 6.09. The first-order valence-electron chi connectivity index (χ1n) is 8.84. The topological polar surface area (TPSA) is 30.5 Å². The van der Waals surface area contributed by atoms with Crippen LogP contribution < -0.4 is 14.8 Å². The Labute approximate surface area is 187 Å². The predicted octanol–water partition coefficient (Wildman–Crippen LogP) is 6.77. The van der Waals surface area contributed by atoms with Crippen molar-refractivity contribution in [1.29, 1.82) is 0 Å². The average Bonchev–Trinajstić information content (AvgIpc) is 2.71. The van der Waals surface area contributed by atoms with Gasteiger partial charge < -0.3 is 14.8 Å². The molecular weight excluding hydrogens is 480 g/mol. The molecule has 0 amide bonds. The number of hydrogen-bond donors (Lipinski definition) is 1. The summed E-state index contributed by atoms with van der Waals surface area (Å²) in [5.74, 6) is 0.998. The van der Waals surface area contributed by atoms with Crippen LogP contribution in [0.15, 0.2) is 59.1 Å². The van der Waals surface area contributed by atoms with E-state index in [0.29, 0.717) is 41.2 Å². The summed E-state index contributed by atoms with van der Waals surface area (Å²) >= 11 is 15.6. The summed E-state index contributed by atoms with van der Waals surface area (Å²) in [6, 6.07) is 15.7. The van der Waals surface area contributed by atoms with E-state index in [2.05, 4.69) is 21.2 Å². The van der Waals surface area contributed by atoms with Crippen LogP contribution in [0.3, 0.4) is 0 Å². The zero-order valence-corrected chi connectivity index (χ0v) is 18.7. The second-order valence-electron chi connectivity index (χ2n) is 6.38. The van der Waals surface area contributed by atoms with Crippen LogP contribution >= 0.6 is 39.1 Å². The van der Waals surface area contributed by atoms with Crippen LogP contribution in [-0.4, -0.2) is 7.11 Å². The molecule has 0 spiro atoms. The first-order valence-corrected chi connectivity index (χ1v) is 10.4. The summed E-state index contributed by atoms with van der Waals surface area (Å²) in [5, 5.41) is 4.33. The minimum Gasteiger partial charge on any atom is -0.493 e. The van der Waals surface area contributed by atoms with E-state index in [-0.39, 0.29) is 5.82 Å². The van der Waals surface area contributed by atoms with Gasteiger partial charge in [0.2, 0.25) is 0 Å². The fourth-order valence-electron chi connectivity index (χ4n) is 2.75. The van der Waals surface area contributed by atoms with E-state index in [0.717, 1.165) is 21.2 Å². The van der Waals surface area contributed by atoms with Crippen molar-refractivity contribution in [2.75, 3.05) is 7.11 Å². The van der Waals surface area contributed by atoms with Gasteiger partial charge in [-0.25, -0.2) is 4.39 Å². The number of methoxy groups -OCH3 is 1. The minimum atomic E-state index is -0.237. The molecule has 0 aliphatic carbocycles. The van der Waals surface area contributed by atoms with Gasteiger partial charge >= 0.3 is 0 Å². The molecule has 0 saturated carbocycles. The third-order valence-corrected chi connectivity index (χ3v) is 5.56. The Kier molecular flexibility index (Phi) is 7.78. The molecule has 3 aromatic rings. The average molecular weight is 499 g/mol. The lowest BCUT2D eigenvalue weighted by Gasteiger charge is -2.15. The lowest BCUT2D eigenvalue weighted by atomic mass is 10.1. The molecule has 7 heteroatoms. The summed E-state index contributed by atoms with van der Waals surface area (Å²) in [6.07, 6.45) is 0. The van der Waals surface area contributed by atoms with Gasteiger partial charge in [0.25, 0.3) is 0 Å². The van der Waals surface area contributed by atoms with Gasteiger partial charge in [-0.1, -0.05) is 41.4 Å². The summed E-state index contributed by atoms with van der Waals surface area (Å²) in [4.78, 5) is 0. The molecule has 3 rings (SSSR count). The van der Waals surface area contributed by atoms with Crippen molar-refractivity contribution in [2.24, 2.45) is 0 Å². The van der Waals surface area contributed by atoms with E-state index in [1.807, 2.05) is 18.2 Å². The van der Waals surface area contributed by atoms with E-state index < -0.39 is 0 Å². The Balaban J connectivity index is 1.64. The smallest absolute Gasteiger partial charge is 0.175 e. The number of ether oxygens (including phenoxy) is 2. The Bertz CT molecular complexity index is 983. The Morgan fingerprint density at radius 3 is 2.28 bits per heavy atom. The maximum Gasteiger partial charge on any atom is 0.175 e. The molecule has 3 aromatic carbocycles. The van der Waals surface area contributed by atoms with Crippen molar-refractivity contribution >= 4 is 39.1 Å². The van der Waals surface area contributed by atoms with Crippen molar-refractivity contribution in [2.45, 2.75) is 19.7 Å². The SMILES string of the molecule is COc1cc(CNCc2ccc(F)cc2)cc(Br)c1OCc1ccc(Cl)c(Cl)c1. The molecule has 0 radical (unpaired) electrons. The molecule has 0 saturated heterocycles. The lowest BCUT2D eigenvalue weighted by Crippen LogP contribution is -2.13. The summed E-state index contributed by atoms with van der Waals surface area (Å²) in [7, 11) is 1.60. The monoisotopic (exact) mass is 497 g/mol. The van der Waals surface area contributed by atoms with Gasteiger partial charge in [-0.15, -0.1) is 0 Å². The Morgan fingerprint density at radius 1 is 0.897 bits per heavy atom. The van der Waals surface area contributed by atoms with Crippen LogP contribution in [0.2, 0.25) is 10.0 Å². The molecule has 0 aromatic heterocycles. The highest BCUT2D eigenvalue weighted by atomic mass is 79.9. The van der Waals surface area contributed by atoms with Crippen LogP contribution in [0.1, 0.15) is 16.7 Å². The maximum absolute atomic E-state index is 13.0. The van der Waals surface area contributed by atoms with Gasteiger partial charge in [-0.3, -0.25) is 0 Å². The molecule has 0 unspecified atom stereocenters. The molecule has 0 aliphatic heterocycles. The molecule has 0 heterocycles. The van der Waals surface area contributed by atoms with Gasteiger partial charge in [0.15, 0.2) is 11.5 Å². The van der Waals surface area contributed by atoms with Crippen LogP contribution in [0, 0.1) is 5.82 Å². The number of hydrogen-bond acceptors (Lipinski definition) is 3. The third-order valence-electron chi connectivity index (χ3n) is 4.23. The Morgan fingerprint density at radius 2 is 1.59 bits per heavy atom. The molecular formula is C22H19BrCl2FNO2.